The number of hydrogen-bond donors (Lipinski definition) is 1. The first-order valence-electron chi connectivity index (χ1n) is 7.35. The van der Waals surface area contributed by atoms with Gasteiger partial charge in [0.1, 0.15) is 0 Å². The van der Waals surface area contributed by atoms with Crippen molar-refractivity contribution in [3.05, 3.63) is 34.9 Å². The molecule has 0 saturated carbocycles. The van der Waals surface area contributed by atoms with E-state index in [0.29, 0.717) is 5.02 Å². The van der Waals surface area contributed by atoms with Crippen LogP contribution in [0.1, 0.15) is 37.8 Å². The maximum absolute atomic E-state index is 12.6. The molecular weight excluding hydrogens is 308 g/mol. The molecule has 0 aromatic heterocycles. The van der Waals surface area contributed by atoms with Gasteiger partial charge >= 0.3 is 0 Å². The van der Waals surface area contributed by atoms with Gasteiger partial charge < -0.3 is 5.32 Å². The third-order valence-corrected chi connectivity index (χ3v) is 6.39. The number of nitrogens with one attached hydrogen (secondary N) is 1. The molecule has 0 bridgehead atoms. The lowest BCUT2D eigenvalue weighted by Gasteiger charge is -2.29. The van der Waals surface area contributed by atoms with E-state index in [1.165, 1.54) is 4.31 Å². The first kappa shape index (κ1) is 16.7. The van der Waals surface area contributed by atoms with Gasteiger partial charge in [0.15, 0.2) is 0 Å². The van der Waals surface area contributed by atoms with Crippen LogP contribution in [0.15, 0.2) is 24.3 Å². The Morgan fingerprint density at radius 2 is 2.19 bits per heavy atom. The summed E-state index contributed by atoms with van der Waals surface area (Å²) in [5.74, 6) is 0.161. The first-order valence-corrected chi connectivity index (χ1v) is 9.33. The highest BCUT2D eigenvalue weighted by Crippen LogP contribution is 2.25. The summed E-state index contributed by atoms with van der Waals surface area (Å²) >= 11 is 5.99. The van der Waals surface area contributed by atoms with Crippen LogP contribution in [-0.2, 0) is 10.0 Å². The number of hydrogen-bond acceptors (Lipinski definition) is 3. The molecule has 21 heavy (non-hydrogen) atoms. The Morgan fingerprint density at radius 3 is 2.81 bits per heavy atom. The molecule has 6 heteroatoms. The molecule has 2 atom stereocenters. The lowest BCUT2D eigenvalue weighted by atomic mass is 10.1. The average Bonchev–Trinajstić information content (AvgIpc) is 2.46. The number of piperidine rings is 1. The zero-order chi connectivity index (χ0) is 15.5. The molecule has 0 amide bonds. The van der Waals surface area contributed by atoms with E-state index < -0.39 is 10.0 Å². The van der Waals surface area contributed by atoms with Crippen molar-refractivity contribution in [1.82, 2.24) is 9.62 Å². The molecule has 1 heterocycles. The lowest BCUT2D eigenvalue weighted by molar-refractivity contribution is 0.380. The summed E-state index contributed by atoms with van der Waals surface area (Å²) in [6.45, 7) is 2.80. The van der Waals surface area contributed by atoms with Gasteiger partial charge in [-0.2, -0.15) is 4.31 Å². The van der Waals surface area contributed by atoms with Gasteiger partial charge in [-0.15, -0.1) is 0 Å². The normalized spacial score (nSPS) is 21.4. The van der Waals surface area contributed by atoms with Crippen LogP contribution in [0.3, 0.4) is 0 Å². The van der Waals surface area contributed by atoms with Gasteiger partial charge in [-0.25, -0.2) is 8.42 Å². The molecule has 0 spiro atoms. The van der Waals surface area contributed by atoms with E-state index >= 15 is 0 Å². The highest BCUT2D eigenvalue weighted by Gasteiger charge is 2.28. The highest BCUT2D eigenvalue weighted by molar-refractivity contribution is 7.89. The Hall–Kier alpha value is -0.620. The maximum atomic E-state index is 12.6. The first-order chi connectivity index (χ1) is 9.90. The predicted octanol–water partition coefficient (Wildman–Crippen LogP) is 2.80. The van der Waals surface area contributed by atoms with E-state index in [1.807, 2.05) is 25.1 Å². The van der Waals surface area contributed by atoms with Gasteiger partial charge in [-0.3, -0.25) is 0 Å². The Kier molecular flexibility index (Phi) is 5.66. The fraction of sp³-hybridized carbons (Fsp3) is 0.600. The van der Waals surface area contributed by atoms with E-state index in [1.54, 1.807) is 13.1 Å². The van der Waals surface area contributed by atoms with Gasteiger partial charge in [0.25, 0.3) is 0 Å². The fourth-order valence-electron chi connectivity index (χ4n) is 2.66. The van der Waals surface area contributed by atoms with Gasteiger partial charge in [-0.05, 0) is 44.0 Å². The Bertz CT molecular complexity index is 571. The van der Waals surface area contributed by atoms with E-state index in [0.717, 1.165) is 31.4 Å². The molecule has 4 nitrogen and oxygen atoms in total. The maximum Gasteiger partial charge on any atom is 0.215 e. The molecular formula is C15H23ClN2O2S. The minimum absolute atomic E-state index is 0.0674. The van der Waals surface area contributed by atoms with Crippen LogP contribution < -0.4 is 5.32 Å². The van der Waals surface area contributed by atoms with Crippen LogP contribution >= 0.6 is 11.6 Å². The van der Waals surface area contributed by atoms with Crippen molar-refractivity contribution in [1.29, 1.82) is 0 Å². The zero-order valence-corrected chi connectivity index (χ0v) is 14.1. The van der Waals surface area contributed by atoms with Crippen molar-refractivity contribution < 1.29 is 8.42 Å². The van der Waals surface area contributed by atoms with E-state index in [-0.39, 0.29) is 17.8 Å². The Labute approximate surface area is 132 Å². The molecule has 1 saturated heterocycles. The highest BCUT2D eigenvalue weighted by atomic mass is 35.5. The number of rotatable bonds is 5. The number of sulfonamides is 1. The summed E-state index contributed by atoms with van der Waals surface area (Å²) in [6.07, 6.45) is 3.16. The summed E-state index contributed by atoms with van der Waals surface area (Å²) < 4.78 is 26.6. The summed E-state index contributed by atoms with van der Waals surface area (Å²) in [5.41, 5.74) is 0.908. The van der Waals surface area contributed by atoms with E-state index in [9.17, 15) is 8.42 Å². The van der Waals surface area contributed by atoms with E-state index in [2.05, 4.69) is 5.32 Å². The van der Waals surface area contributed by atoms with Crippen LogP contribution in [0.2, 0.25) is 5.02 Å². The summed E-state index contributed by atoms with van der Waals surface area (Å²) in [6, 6.07) is 7.20. The standard InChI is InChI=1S/C15H23ClN2O2S/c1-12(13-6-5-7-14(16)10-13)18(2)21(19,20)11-15-8-3-4-9-17-15/h5-7,10,12,15,17H,3-4,8-9,11H2,1-2H3. The fourth-order valence-corrected chi connectivity index (χ4v) is 4.49. The molecule has 2 unspecified atom stereocenters. The number of nitrogens with zero attached hydrogens (tertiary/aromatic N) is 1. The van der Waals surface area contributed by atoms with Crippen LogP contribution in [0.25, 0.3) is 0 Å². The van der Waals surface area contributed by atoms with Gasteiger partial charge in [0.2, 0.25) is 10.0 Å². The van der Waals surface area contributed by atoms with Crippen LogP contribution in [0, 0.1) is 0 Å². The van der Waals surface area contributed by atoms with E-state index in [4.69, 9.17) is 11.6 Å². The SMILES string of the molecule is CC(c1cccc(Cl)c1)N(C)S(=O)(=O)CC1CCCCN1. The van der Waals surface area contributed by atoms with Crippen LogP contribution in [0.5, 0.6) is 0 Å². The van der Waals surface area contributed by atoms with Crippen molar-refractivity contribution >= 4 is 21.6 Å². The van der Waals surface area contributed by atoms with Gasteiger partial charge in [0.05, 0.1) is 5.75 Å². The average molecular weight is 331 g/mol. The number of halogens is 1. The monoisotopic (exact) mass is 330 g/mol. The zero-order valence-electron chi connectivity index (χ0n) is 12.5. The minimum atomic E-state index is -3.29. The number of benzene rings is 1. The molecule has 1 aliphatic heterocycles. The summed E-state index contributed by atoms with van der Waals surface area (Å²) in [4.78, 5) is 0. The van der Waals surface area contributed by atoms with Crippen LogP contribution in [-0.4, -0.2) is 38.1 Å². The van der Waals surface area contributed by atoms with Crippen molar-refractivity contribution in [2.45, 2.75) is 38.3 Å². The van der Waals surface area contributed by atoms with Crippen LogP contribution in [0.4, 0.5) is 0 Å². The second kappa shape index (κ2) is 7.09. The molecule has 1 fully saturated rings. The topological polar surface area (TPSA) is 49.4 Å². The largest absolute Gasteiger partial charge is 0.313 e. The van der Waals surface area contributed by atoms with Gasteiger partial charge in [0, 0.05) is 24.2 Å². The Balaban J connectivity index is 2.07. The summed E-state index contributed by atoms with van der Waals surface area (Å²) in [7, 11) is -1.65. The predicted molar refractivity (Wildman–Crippen MR) is 87.1 cm³/mol. The Morgan fingerprint density at radius 1 is 1.43 bits per heavy atom. The minimum Gasteiger partial charge on any atom is -0.313 e. The second-order valence-electron chi connectivity index (χ2n) is 5.67. The lowest BCUT2D eigenvalue weighted by Crippen LogP contribution is -2.43. The van der Waals surface area contributed by atoms with Crippen molar-refractivity contribution in [3.8, 4) is 0 Å². The van der Waals surface area contributed by atoms with Crippen molar-refractivity contribution in [2.24, 2.45) is 0 Å². The summed E-state index contributed by atoms with van der Waals surface area (Å²) in [5, 5.41) is 3.92. The molecule has 2 rings (SSSR count). The molecule has 118 valence electrons. The second-order valence-corrected chi connectivity index (χ2v) is 8.18. The molecule has 0 radical (unpaired) electrons. The molecule has 1 aromatic carbocycles. The van der Waals surface area contributed by atoms with Crippen molar-refractivity contribution in [2.75, 3.05) is 19.3 Å². The molecule has 1 N–H and O–H groups in total. The molecule has 1 aromatic rings. The molecule has 1 aliphatic rings. The quantitative estimate of drug-likeness (QED) is 0.903. The third-order valence-electron chi connectivity index (χ3n) is 4.14. The van der Waals surface area contributed by atoms with Crippen molar-refractivity contribution in [3.63, 3.8) is 0 Å². The smallest absolute Gasteiger partial charge is 0.215 e. The molecule has 0 aliphatic carbocycles. The third kappa shape index (κ3) is 4.42. The van der Waals surface area contributed by atoms with Gasteiger partial charge in [-0.1, -0.05) is 30.2 Å².